The van der Waals surface area contributed by atoms with Crippen molar-refractivity contribution in [2.45, 2.75) is 12.5 Å². The Balaban J connectivity index is 1.29. The summed E-state index contributed by atoms with van der Waals surface area (Å²) >= 11 is 0. The van der Waals surface area contributed by atoms with Crippen LogP contribution in [-0.4, -0.2) is 48.1 Å². The lowest BCUT2D eigenvalue weighted by Gasteiger charge is -2.36. The third-order valence-electron chi connectivity index (χ3n) is 6.18. The molecule has 0 bridgehead atoms. The molecule has 0 saturated carbocycles. The van der Waals surface area contributed by atoms with Gasteiger partial charge in [0, 0.05) is 43.9 Å². The molecule has 1 N–H and O–H groups in total. The van der Waals surface area contributed by atoms with Gasteiger partial charge >= 0.3 is 5.97 Å². The molecule has 2 aliphatic rings. The predicted molar refractivity (Wildman–Crippen MR) is 121 cm³/mol. The second kappa shape index (κ2) is 8.38. The first kappa shape index (κ1) is 20.1. The highest BCUT2D eigenvalue weighted by Gasteiger charge is 2.29. The minimum atomic E-state index is -0.346. The van der Waals surface area contributed by atoms with E-state index in [1.54, 1.807) is 24.3 Å². The fraction of sp³-hybridized carbons (Fsp3) is 0.231. The molecule has 3 aromatic carbocycles. The number of benzene rings is 3. The summed E-state index contributed by atoms with van der Waals surface area (Å²) in [5.41, 5.74) is 3.97. The molecular weight excluding hydrogens is 404 g/mol. The molecule has 5 rings (SSSR count). The van der Waals surface area contributed by atoms with Crippen molar-refractivity contribution < 1.29 is 19.4 Å². The Labute approximate surface area is 186 Å². The number of nitrogens with zero attached hydrogens (tertiary/aromatic N) is 2. The van der Waals surface area contributed by atoms with Crippen LogP contribution in [0.2, 0.25) is 0 Å². The van der Waals surface area contributed by atoms with Crippen molar-refractivity contribution in [2.24, 2.45) is 0 Å². The lowest BCUT2D eigenvalue weighted by atomic mass is 9.93. The highest BCUT2D eigenvalue weighted by Crippen LogP contribution is 2.31. The lowest BCUT2D eigenvalue weighted by Crippen LogP contribution is -2.48. The van der Waals surface area contributed by atoms with Gasteiger partial charge in [-0.05, 0) is 53.6 Å². The average Bonchev–Trinajstić information content (AvgIpc) is 2.84. The van der Waals surface area contributed by atoms with Crippen molar-refractivity contribution in [3.8, 4) is 5.75 Å². The number of phenolic OH excluding ortho intramolecular Hbond substituents is 1. The Morgan fingerprint density at radius 2 is 1.62 bits per heavy atom. The van der Waals surface area contributed by atoms with Crippen molar-refractivity contribution in [1.82, 2.24) is 4.90 Å². The molecule has 32 heavy (non-hydrogen) atoms. The van der Waals surface area contributed by atoms with Crippen LogP contribution >= 0.6 is 0 Å². The molecule has 1 fully saturated rings. The quantitative estimate of drug-likeness (QED) is 0.643. The van der Waals surface area contributed by atoms with E-state index in [0.29, 0.717) is 30.6 Å². The fourth-order valence-electron chi connectivity index (χ4n) is 4.40. The number of anilines is 1. The Bertz CT molecular complexity index is 1140. The van der Waals surface area contributed by atoms with Crippen LogP contribution in [0.15, 0.2) is 72.8 Å². The van der Waals surface area contributed by atoms with Gasteiger partial charge in [0.25, 0.3) is 5.91 Å². The van der Waals surface area contributed by atoms with Crippen LogP contribution in [0.4, 0.5) is 5.69 Å². The third kappa shape index (κ3) is 3.91. The molecule has 6 heteroatoms. The predicted octanol–water partition coefficient (Wildman–Crippen LogP) is 3.81. The minimum absolute atomic E-state index is 0.0200. The zero-order chi connectivity index (χ0) is 22.1. The summed E-state index contributed by atoms with van der Waals surface area (Å²) in [7, 11) is 0. The maximum absolute atomic E-state index is 13.2. The van der Waals surface area contributed by atoms with Crippen LogP contribution in [0.5, 0.6) is 5.75 Å². The van der Waals surface area contributed by atoms with E-state index in [1.165, 1.54) is 0 Å². The van der Waals surface area contributed by atoms with Crippen LogP contribution in [0.3, 0.4) is 0 Å². The first-order valence-electron chi connectivity index (χ1n) is 10.8. The van der Waals surface area contributed by atoms with Crippen molar-refractivity contribution >= 4 is 17.6 Å². The SMILES string of the molecule is O=C1OC(c2ccccc2)Cc2cc(C(=O)N3CCN(c4ccc(O)cc4)CC3)ccc21. The number of carbonyl (C=O) groups is 2. The van der Waals surface area contributed by atoms with Crippen molar-refractivity contribution in [1.29, 1.82) is 0 Å². The van der Waals surface area contributed by atoms with E-state index in [-0.39, 0.29) is 23.7 Å². The van der Waals surface area contributed by atoms with Crippen LogP contribution in [0.25, 0.3) is 0 Å². The number of fused-ring (bicyclic) bond motifs is 1. The average molecular weight is 428 g/mol. The van der Waals surface area contributed by atoms with E-state index in [2.05, 4.69) is 4.90 Å². The Kier molecular flexibility index (Phi) is 5.27. The van der Waals surface area contributed by atoms with Gasteiger partial charge in [-0.3, -0.25) is 4.79 Å². The smallest absolute Gasteiger partial charge is 0.339 e. The summed E-state index contributed by atoms with van der Waals surface area (Å²) in [4.78, 5) is 29.7. The molecule has 162 valence electrons. The van der Waals surface area contributed by atoms with Gasteiger partial charge in [0.15, 0.2) is 0 Å². The van der Waals surface area contributed by atoms with Crippen molar-refractivity contribution in [3.05, 3.63) is 95.1 Å². The number of carbonyl (C=O) groups excluding carboxylic acids is 2. The number of cyclic esters (lactones) is 1. The molecule has 1 amide bonds. The number of rotatable bonds is 3. The van der Waals surface area contributed by atoms with E-state index >= 15 is 0 Å². The molecule has 2 heterocycles. The van der Waals surface area contributed by atoms with Crippen molar-refractivity contribution in [3.63, 3.8) is 0 Å². The lowest BCUT2D eigenvalue weighted by molar-refractivity contribution is 0.0252. The van der Waals surface area contributed by atoms with E-state index < -0.39 is 0 Å². The number of hydrogen-bond acceptors (Lipinski definition) is 5. The maximum Gasteiger partial charge on any atom is 0.339 e. The van der Waals surface area contributed by atoms with E-state index in [9.17, 15) is 14.7 Å². The van der Waals surface area contributed by atoms with Crippen LogP contribution in [0, 0.1) is 0 Å². The van der Waals surface area contributed by atoms with E-state index in [1.807, 2.05) is 53.4 Å². The number of esters is 1. The number of aromatic hydroxyl groups is 1. The minimum Gasteiger partial charge on any atom is -0.508 e. The maximum atomic E-state index is 13.2. The summed E-state index contributed by atoms with van der Waals surface area (Å²) < 4.78 is 5.62. The van der Waals surface area contributed by atoms with E-state index in [0.717, 1.165) is 29.9 Å². The number of piperazine rings is 1. The zero-order valence-electron chi connectivity index (χ0n) is 17.6. The monoisotopic (exact) mass is 428 g/mol. The standard InChI is InChI=1S/C26H24N2O4/c29-22-9-7-21(8-10-22)27-12-14-28(15-13-27)25(30)19-6-11-23-20(16-19)17-24(32-26(23)31)18-4-2-1-3-5-18/h1-11,16,24,29H,12-15,17H2. The summed E-state index contributed by atoms with van der Waals surface area (Å²) in [5.74, 6) is -0.122. The number of hydrogen-bond donors (Lipinski definition) is 1. The molecule has 3 aromatic rings. The van der Waals surface area contributed by atoms with Gasteiger partial charge in [-0.15, -0.1) is 0 Å². The van der Waals surface area contributed by atoms with Gasteiger partial charge < -0.3 is 19.6 Å². The largest absolute Gasteiger partial charge is 0.508 e. The molecule has 2 aliphatic heterocycles. The number of phenols is 1. The molecule has 1 atom stereocenters. The molecule has 0 aromatic heterocycles. The molecule has 0 radical (unpaired) electrons. The van der Waals surface area contributed by atoms with E-state index in [4.69, 9.17) is 4.74 Å². The van der Waals surface area contributed by atoms with Crippen LogP contribution in [0.1, 0.15) is 37.9 Å². The first-order valence-corrected chi connectivity index (χ1v) is 10.8. The number of amides is 1. The Hall–Kier alpha value is -3.80. The normalized spacial score (nSPS) is 18.1. The first-order chi connectivity index (χ1) is 15.6. The summed E-state index contributed by atoms with van der Waals surface area (Å²) in [5, 5.41) is 9.48. The topological polar surface area (TPSA) is 70.1 Å². The summed E-state index contributed by atoms with van der Waals surface area (Å²) in [6.45, 7) is 2.69. The summed E-state index contributed by atoms with van der Waals surface area (Å²) in [6.07, 6.45) is 0.219. The second-order valence-electron chi connectivity index (χ2n) is 8.18. The molecule has 6 nitrogen and oxygen atoms in total. The Morgan fingerprint density at radius 3 is 2.34 bits per heavy atom. The molecule has 1 saturated heterocycles. The van der Waals surface area contributed by atoms with Gasteiger partial charge in [0.2, 0.25) is 0 Å². The van der Waals surface area contributed by atoms with Crippen molar-refractivity contribution in [2.75, 3.05) is 31.1 Å². The van der Waals surface area contributed by atoms with Crippen LogP contribution in [-0.2, 0) is 11.2 Å². The molecule has 0 aliphatic carbocycles. The Morgan fingerprint density at radius 1 is 0.906 bits per heavy atom. The van der Waals surface area contributed by atoms with Gasteiger partial charge in [-0.25, -0.2) is 4.79 Å². The molecule has 1 unspecified atom stereocenters. The third-order valence-corrected chi connectivity index (χ3v) is 6.18. The highest BCUT2D eigenvalue weighted by molar-refractivity contribution is 5.98. The molecular formula is C26H24N2O4. The highest BCUT2D eigenvalue weighted by atomic mass is 16.5. The van der Waals surface area contributed by atoms with Gasteiger partial charge in [-0.1, -0.05) is 30.3 Å². The van der Waals surface area contributed by atoms with Gasteiger partial charge in [0.05, 0.1) is 5.56 Å². The zero-order valence-corrected chi connectivity index (χ0v) is 17.6. The van der Waals surface area contributed by atoms with Gasteiger partial charge in [0.1, 0.15) is 11.9 Å². The van der Waals surface area contributed by atoms with Gasteiger partial charge in [-0.2, -0.15) is 0 Å². The van der Waals surface area contributed by atoms with Crippen LogP contribution < -0.4 is 4.90 Å². The summed E-state index contributed by atoms with van der Waals surface area (Å²) in [6, 6.07) is 22.1. The second-order valence-corrected chi connectivity index (χ2v) is 8.18. The number of ether oxygens (including phenoxy) is 1. The molecule has 0 spiro atoms. The fourth-order valence-corrected chi connectivity index (χ4v) is 4.40.